The first-order chi connectivity index (χ1) is 14.7. The smallest absolute Gasteiger partial charge is 0.268 e. The van der Waals surface area contributed by atoms with E-state index < -0.39 is 6.10 Å². The molecule has 0 fully saturated rings. The highest BCUT2D eigenvalue weighted by Gasteiger charge is 2.29. The molecule has 1 amide bonds. The lowest BCUT2D eigenvalue weighted by atomic mass is 10.0. The number of nitrogens with zero attached hydrogens (tertiary/aromatic N) is 2. The Labute approximate surface area is 176 Å². The first kappa shape index (κ1) is 19.6. The number of carbonyl (C=O) groups is 1. The zero-order valence-electron chi connectivity index (χ0n) is 16.8. The largest absolute Gasteiger partial charge is 0.385 e. The molecule has 0 aliphatic carbocycles. The summed E-state index contributed by atoms with van der Waals surface area (Å²) in [5.74, 6) is -0.206. The fraction of sp³-hybridized carbons (Fsp3) is 0.208. The molecule has 0 saturated carbocycles. The molecule has 2 aromatic carbocycles. The van der Waals surface area contributed by atoms with Gasteiger partial charge in [-0.15, -0.1) is 0 Å². The summed E-state index contributed by atoms with van der Waals surface area (Å²) in [6.07, 6.45) is 4.04. The van der Waals surface area contributed by atoms with Crippen LogP contribution < -0.4 is 10.6 Å². The van der Waals surface area contributed by atoms with Gasteiger partial charge in [-0.05, 0) is 54.8 Å². The number of anilines is 2. The van der Waals surface area contributed by atoms with E-state index in [1.165, 1.54) is 11.1 Å². The Balaban J connectivity index is 1.35. The summed E-state index contributed by atoms with van der Waals surface area (Å²) in [7, 11) is 0. The Hall–Kier alpha value is -3.67. The summed E-state index contributed by atoms with van der Waals surface area (Å²) in [5.41, 5.74) is 5.92. The van der Waals surface area contributed by atoms with Crippen molar-refractivity contribution in [2.75, 3.05) is 17.2 Å². The average molecular weight is 400 g/mol. The van der Waals surface area contributed by atoms with Crippen LogP contribution in [0.1, 0.15) is 30.0 Å². The van der Waals surface area contributed by atoms with Gasteiger partial charge in [-0.1, -0.05) is 35.5 Å². The number of carbonyl (C=O) groups excluding carboxylic acids is 1. The molecule has 1 aromatic heterocycles. The highest BCUT2D eigenvalue weighted by Crippen LogP contribution is 2.21. The molecule has 3 aromatic rings. The van der Waals surface area contributed by atoms with Crippen LogP contribution in [0.25, 0.3) is 0 Å². The van der Waals surface area contributed by atoms with Gasteiger partial charge in [-0.3, -0.25) is 9.78 Å². The van der Waals surface area contributed by atoms with Crippen LogP contribution in [0.15, 0.2) is 78.2 Å². The molecule has 0 spiro atoms. The van der Waals surface area contributed by atoms with Crippen molar-refractivity contribution in [3.8, 4) is 0 Å². The maximum Gasteiger partial charge on any atom is 0.268 e. The van der Waals surface area contributed by atoms with Crippen molar-refractivity contribution in [1.29, 1.82) is 0 Å². The molecule has 0 bridgehead atoms. The van der Waals surface area contributed by atoms with Gasteiger partial charge in [0.1, 0.15) is 0 Å². The fourth-order valence-corrected chi connectivity index (χ4v) is 3.41. The van der Waals surface area contributed by atoms with Gasteiger partial charge in [-0.2, -0.15) is 0 Å². The number of oxime groups is 1. The van der Waals surface area contributed by atoms with Crippen molar-refractivity contribution in [3.63, 3.8) is 0 Å². The van der Waals surface area contributed by atoms with Crippen molar-refractivity contribution in [1.82, 2.24) is 4.98 Å². The Bertz CT molecular complexity index is 1030. The zero-order chi connectivity index (χ0) is 20.8. The molecule has 6 nitrogen and oxygen atoms in total. The monoisotopic (exact) mass is 400 g/mol. The van der Waals surface area contributed by atoms with Crippen molar-refractivity contribution in [3.05, 3.63) is 89.7 Å². The molecule has 1 aliphatic rings. The van der Waals surface area contributed by atoms with Crippen LogP contribution in [0.5, 0.6) is 0 Å². The highest BCUT2D eigenvalue weighted by atomic mass is 16.6. The molecule has 30 heavy (non-hydrogen) atoms. The minimum atomic E-state index is -0.633. The van der Waals surface area contributed by atoms with Gasteiger partial charge in [0, 0.05) is 42.3 Å². The third-order valence-corrected chi connectivity index (χ3v) is 4.96. The SMILES string of the molecule is CCNc1ccccc1Cc1ccc(NC(=O)C2CC(c3cccnc3)=NO2)cc1. The van der Waals surface area contributed by atoms with E-state index in [4.69, 9.17) is 4.84 Å². The standard InChI is InChI=1S/C24H24N4O2/c1-2-26-21-8-4-3-6-18(21)14-17-9-11-20(12-10-17)27-24(29)23-15-22(28-30-23)19-7-5-13-25-16-19/h3-13,16,23,26H,2,14-15H2,1H3,(H,27,29). The Kier molecular flexibility index (Phi) is 6.03. The maximum absolute atomic E-state index is 12.6. The third-order valence-electron chi connectivity index (χ3n) is 4.96. The first-order valence-electron chi connectivity index (χ1n) is 10.1. The third kappa shape index (κ3) is 4.66. The predicted molar refractivity (Wildman–Crippen MR) is 119 cm³/mol. The molecule has 0 saturated heterocycles. The number of para-hydroxylation sites is 1. The molecular formula is C24H24N4O2. The lowest BCUT2D eigenvalue weighted by Gasteiger charge is -2.12. The van der Waals surface area contributed by atoms with Crippen LogP contribution in [-0.2, 0) is 16.1 Å². The molecular weight excluding hydrogens is 376 g/mol. The summed E-state index contributed by atoms with van der Waals surface area (Å²) in [4.78, 5) is 22.0. The summed E-state index contributed by atoms with van der Waals surface area (Å²) in [6.45, 7) is 2.98. The quantitative estimate of drug-likeness (QED) is 0.622. The molecule has 152 valence electrons. The number of nitrogens with one attached hydrogen (secondary N) is 2. The van der Waals surface area contributed by atoms with Crippen LogP contribution in [0.4, 0.5) is 11.4 Å². The Morgan fingerprint density at radius 2 is 1.93 bits per heavy atom. The first-order valence-corrected chi connectivity index (χ1v) is 10.1. The van der Waals surface area contributed by atoms with E-state index in [-0.39, 0.29) is 5.91 Å². The van der Waals surface area contributed by atoms with E-state index in [2.05, 4.69) is 39.8 Å². The second-order valence-electron chi connectivity index (χ2n) is 7.13. The van der Waals surface area contributed by atoms with Crippen molar-refractivity contribution in [2.24, 2.45) is 5.16 Å². The number of aromatic nitrogens is 1. The average Bonchev–Trinajstić information content (AvgIpc) is 3.28. The molecule has 0 radical (unpaired) electrons. The summed E-state index contributed by atoms with van der Waals surface area (Å²) in [6, 6.07) is 20.0. The zero-order valence-corrected chi connectivity index (χ0v) is 16.8. The lowest BCUT2D eigenvalue weighted by Crippen LogP contribution is -2.28. The Morgan fingerprint density at radius 1 is 1.10 bits per heavy atom. The van der Waals surface area contributed by atoms with Gasteiger partial charge in [0.15, 0.2) is 0 Å². The number of pyridine rings is 1. The van der Waals surface area contributed by atoms with E-state index in [9.17, 15) is 4.79 Å². The van der Waals surface area contributed by atoms with Crippen LogP contribution in [0, 0.1) is 0 Å². The number of amides is 1. The number of rotatable bonds is 7. The number of benzene rings is 2. The molecule has 4 rings (SSSR count). The van der Waals surface area contributed by atoms with Gasteiger partial charge in [0.25, 0.3) is 5.91 Å². The molecule has 6 heteroatoms. The van der Waals surface area contributed by atoms with E-state index in [0.29, 0.717) is 6.42 Å². The van der Waals surface area contributed by atoms with Crippen molar-refractivity contribution >= 4 is 23.0 Å². The van der Waals surface area contributed by atoms with Gasteiger partial charge >= 0.3 is 0 Å². The summed E-state index contributed by atoms with van der Waals surface area (Å²) in [5, 5.41) is 10.4. The highest BCUT2D eigenvalue weighted by molar-refractivity contribution is 6.05. The van der Waals surface area contributed by atoms with E-state index >= 15 is 0 Å². The second kappa shape index (κ2) is 9.22. The molecule has 1 atom stereocenters. The molecule has 2 N–H and O–H groups in total. The van der Waals surface area contributed by atoms with Crippen LogP contribution in [0.3, 0.4) is 0 Å². The fourth-order valence-electron chi connectivity index (χ4n) is 3.41. The minimum absolute atomic E-state index is 0.206. The van der Waals surface area contributed by atoms with Gasteiger partial charge < -0.3 is 15.5 Å². The predicted octanol–water partition coefficient (Wildman–Crippen LogP) is 4.24. The topological polar surface area (TPSA) is 75.6 Å². The minimum Gasteiger partial charge on any atom is -0.385 e. The van der Waals surface area contributed by atoms with Gasteiger partial charge in [0.05, 0.1) is 5.71 Å². The summed E-state index contributed by atoms with van der Waals surface area (Å²) < 4.78 is 0. The molecule has 1 unspecified atom stereocenters. The summed E-state index contributed by atoms with van der Waals surface area (Å²) >= 11 is 0. The van der Waals surface area contributed by atoms with Crippen molar-refractivity contribution in [2.45, 2.75) is 25.9 Å². The van der Waals surface area contributed by atoms with Crippen LogP contribution >= 0.6 is 0 Å². The number of hydrogen-bond acceptors (Lipinski definition) is 5. The van der Waals surface area contributed by atoms with E-state index in [1.807, 2.05) is 48.5 Å². The van der Waals surface area contributed by atoms with Gasteiger partial charge in [0.2, 0.25) is 6.10 Å². The van der Waals surface area contributed by atoms with Crippen LogP contribution in [-0.4, -0.2) is 29.3 Å². The normalized spacial score (nSPS) is 15.2. The lowest BCUT2D eigenvalue weighted by molar-refractivity contribution is -0.125. The van der Waals surface area contributed by atoms with E-state index in [1.54, 1.807) is 12.4 Å². The molecule has 2 heterocycles. The number of hydrogen-bond donors (Lipinski definition) is 2. The Morgan fingerprint density at radius 3 is 2.70 bits per heavy atom. The second-order valence-corrected chi connectivity index (χ2v) is 7.13. The van der Waals surface area contributed by atoms with Crippen LogP contribution in [0.2, 0.25) is 0 Å². The van der Waals surface area contributed by atoms with Crippen molar-refractivity contribution < 1.29 is 9.63 Å². The maximum atomic E-state index is 12.6. The van der Waals surface area contributed by atoms with E-state index in [0.717, 1.165) is 35.6 Å². The molecule has 1 aliphatic heterocycles. The van der Waals surface area contributed by atoms with Gasteiger partial charge in [-0.25, -0.2) is 0 Å².